The number of hydrogen-bond acceptors (Lipinski definition) is 1. The molecule has 0 heterocycles. The van der Waals surface area contributed by atoms with Crippen molar-refractivity contribution < 1.29 is 6.11 Å². The van der Waals surface area contributed by atoms with Crippen molar-refractivity contribution in [3.05, 3.63) is 29.8 Å². The third-order valence-electron chi connectivity index (χ3n) is 4.39. The molecule has 1 aromatic carbocycles. The highest BCUT2D eigenvalue weighted by molar-refractivity contribution is 5.38. The van der Waals surface area contributed by atoms with Crippen molar-refractivity contribution in [3.8, 4) is 5.75 Å². The van der Waals surface area contributed by atoms with E-state index in [2.05, 4.69) is 27.7 Å². The number of benzene rings is 1. The van der Waals surface area contributed by atoms with E-state index >= 15 is 0 Å². The van der Waals surface area contributed by atoms with E-state index in [1.165, 1.54) is 57.8 Å². The van der Waals surface area contributed by atoms with Crippen molar-refractivity contribution in [3.63, 3.8) is 0 Å². The average Bonchev–Trinajstić information content (AvgIpc) is 2.53. The first kappa shape index (κ1) is 18.4. The molecule has 132 valence electrons. The van der Waals surface area contributed by atoms with Crippen LogP contribution < -0.4 is 4.74 Å². The fourth-order valence-electron chi connectivity index (χ4n) is 2.90. The molecule has 0 radical (unpaired) electrons. The van der Waals surface area contributed by atoms with Crippen LogP contribution in [0, 0.1) is 0 Å². The van der Waals surface area contributed by atoms with E-state index in [0.29, 0.717) is 6.04 Å². The third-order valence-corrected chi connectivity index (χ3v) is 4.39. The summed E-state index contributed by atoms with van der Waals surface area (Å²) in [6, 6.07) is 6.28. The standard InChI is InChI=1S/C22H38O/c1-5-6-7-8-9-10-11-12-13-16-19-23-21-18-15-14-17-20(21)22(2,3)4/h14-15,17-18H,5-13,16,19H2,1-4H3/i14T. The third kappa shape index (κ3) is 9.03. The van der Waals surface area contributed by atoms with Gasteiger partial charge in [-0.1, -0.05) is 104 Å². The maximum atomic E-state index is 7.82. The molecule has 0 atom stereocenters. The summed E-state index contributed by atoms with van der Waals surface area (Å²) in [5.41, 5.74) is 1.16. The van der Waals surface area contributed by atoms with Gasteiger partial charge in [0, 0.05) is 0 Å². The maximum Gasteiger partial charge on any atom is 0.123 e. The highest BCUT2D eigenvalue weighted by atomic mass is 16.5. The topological polar surface area (TPSA) is 9.23 Å². The molecule has 23 heavy (non-hydrogen) atoms. The second-order valence-electron chi connectivity index (χ2n) is 7.70. The lowest BCUT2D eigenvalue weighted by Crippen LogP contribution is -2.13. The van der Waals surface area contributed by atoms with E-state index in [1.807, 2.05) is 18.2 Å². The molecule has 1 nitrogen and oxygen atoms in total. The first-order valence-corrected chi connectivity index (χ1v) is 9.69. The maximum absolute atomic E-state index is 7.82. The van der Waals surface area contributed by atoms with E-state index in [1.54, 1.807) is 0 Å². The van der Waals surface area contributed by atoms with Crippen LogP contribution in [0.5, 0.6) is 5.75 Å². The molecule has 0 amide bonds. The molecule has 0 aliphatic carbocycles. The number of rotatable bonds is 12. The molecule has 0 aromatic heterocycles. The van der Waals surface area contributed by atoms with Crippen molar-refractivity contribution >= 4 is 0 Å². The van der Waals surface area contributed by atoms with Gasteiger partial charge in [-0.05, 0) is 23.5 Å². The molecule has 0 saturated carbocycles. The fraction of sp³-hybridized carbons (Fsp3) is 0.727. The first-order valence-electron chi connectivity index (χ1n) is 10.2. The van der Waals surface area contributed by atoms with Gasteiger partial charge in [0.2, 0.25) is 0 Å². The summed E-state index contributed by atoms with van der Waals surface area (Å²) in [5.74, 6) is 0.953. The van der Waals surface area contributed by atoms with Crippen LogP contribution >= 0.6 is 0 Å². The van der Waals surface area contributed by atoms with Crippen LogP contribution in [0.4, 0.5) is 0 Å². The lowest BCUT2D eigenvalue weighted by molar-refractivity contribution is 0.296. The van der Waals surface area contributed by atoms with Crippen molar-refractivity contribution in [2.75, 3.05) is 6.61 Å². The Bertz CT molecular complexity index is 448. The van der Waals surface area contributed by atoms with Gasteiger partial charge < -0.3 is 4.74 Å². The SMILES string of the molecule is [3H]c1ccc(OCCCCCCCCCCCC)c(C(C)(C)C)c1. The minimum atomic E-state index is 0.0180. The van der Waals surface area contributed by atoms with Crippen LogP contribution in [0.25, 0.3) is 0 Å². The summed E-state index contributed by atoms with van der Waals surface area (Å²) < 4.78 is 13.8. The van der Waals surface area contributed by atoms with Gasteiger partial charge >= 0.3 is 0 Å². The lowest BCUT2D eigenvalue weighted by atomic mass is 9.86. The van der Waals surface area contributed by atoms with Crippen LogP contribution in [0.2, 0.25) is 0 Å². The van der Waals surface area contributed by atoms with Gasteiger partial charge in [0.15, 0.2) is 0 Å². The summed E-state index contributed by atoms with van der Waals surface area (Å²) in [7, 11) is 0. The quantitative estimate of drug-likeness (QED) is 0.367. The Kier molecular flexibility index (Phi) is 9.21. The van der Waals surface area contributed by atoms with Crippen molar-refractivity contribution in [1.29, 1.82) is 0 Å². The van der Waals surface area contributed by atoms with Gasteiger partial charge in [0.1, 0.15) is 5.75 Å². The van der Waals surface area contributed by atoms with E-state index in [-0.39, 0.29) is 5.41 Å². The molecule has 0 fully saturated rings. The highest BCUT2D eigenvalue weighted by Gasteiger charge is 2.18. The molecule has 0 aliphatic rings. The van der Waals surface area contributed by atoms with Crippen molar-refractivity contribution in [1.82, 2.24) is 0 Å². The smallest absolute Gasteiger partial charge is 0.123 e. The number of hydrogen-bond donors (Lipinski definition) is 0. The molecule has 0 N–H and O–H groups in total. The summed E-state index contributed by atoms with van der Waals surface area (Å²) in [5, 5.41) is 0. The van der Waals surface area contributed by atoms with Gasteiger partial charge in [-0.2, -0.15) is 0 Å². The Morgan fingerprint density at radius 1 is 0.870 bits per heavy atom. The van der Waals surface area contributed by atoms with Crippen LogP contribution in [-0.2, 0) is 5.41 Å². The zero-order valence-corrected chi connectivity index (χ0v) is 15.9. The minimum Gasteiger partial charge on any atom is -0.493 e. The summed E-state index contributed by atoms with van der Waals surface area (Å²) in [6.07, 6.45) is 13.4. The molecule has 1 rings (SSSR count). The van der Waals surface area contributed by atoms with Gasteiger partial charge in [-0.25, -0.2) is 0 Å². The molecule has 1 heteroatoms. The van der Waals surface area contributed by atoms with Crippen LogP contribution in [0.15, 0.2) is 24.2 Å². The van der Waals surface area contributed by atoms with E-state index in [4.69, 9.17) is 6.11 Å². The molecule has 0 saturated heterocycles. The van der Waals surface area contributed by atoms with Crippen LogP contribution in [0.3, 0.4) is 0 Å². The monoisotopic (exact) mass is 320 g/mol. The fourth-order valence-corrected chi connectivity index (χ4v) is 2.90. The average molecular weight is 321 g/mol. The van der Waals surface area contributed by atoms with E-state index in [9.17, 15) is 0 Å². The van der Waals surface area contributed by atoms with E-state index < -0.39 is 0 Å². The Labute approximate surface area is 146 Å². The Hall–Kier alpha value is -0.980. The van der Waals surface area contributed by atoms with Gasteiger partial charge in [0.25, 0.3) is 0 Å². The Morgan fingerprint density at radius 2 is 1.43 bits per heavy atom. The molecule has 0 spiro atoms. The Balaban J connectivity index is 2.16. The summed E-state index contributed by atoms with van der Waals surface area (Å²) in [6.45, 7) is 9.59. The Morgan fingerprint density at radius 3 is 2.00 bits per heavy atom. The van der Waals surface area contributed by atoms with Crippen LogP contribution in [-0.4, -0.2) is 6.61 Å². The van der Waals surface area contributed by atoms with E-state index in [0.717, 1.165) is 24.3 Å². The lowest BCUT2D eigenvalue weighted by Gasteiger charge is -2.22. The number of unbranched alkanes of at least 4 members (excludes halogenated alkanes) is 9. The zero-order chi connectivity index (χ0) is 17.8. The largest absolute Gasteiger partial charge is 0.493 e. The molecule has 1 aromatic rings. The minimum absolute atomic E-state index is 0.0180. The van der Waals surface area contributed by atoms with Gasteiger partial charge in [-0.15, -0.1) is 0 Å². The molecule has 0 bridgehead atoms. The summed E-state index contributed by atoms with van der Waals surface area (Å²) >= 11 is 0. The predicted octanol–water partition coefficient (Wildman–Crippen LogP) is 7.28. The zero-order valence-electron chi connectivity index (χ0n) is 16.9. The molecule has 0 aliphatic heterocycles. The highest BCUT2D eigenvalue weighted by Crippen LogP contribution is 2.31. The first-order chi connectivity index (χ1) is 11.4. The number of ether oxygens (including phenoxy) is 1. The predicted molar refractivity (Wildman–Crippen MR) is 102 cm³/mol. The second kappa shape index (κ2) is 11.5. The second-order valence-corrected chi connectivity index (χ2v) is 7.70. The molecule has 0 unspecified atom stereocenters. The van der Waals surface area contributed by atoms with Crippen molar-refractivity contribution in [2.45, 2.75) is 97.3 Å². The van der Waals surface area contributed by atoms with Gasteiger partial charge in [0.05, 0.1) is 7.98 Å². The van der Waals surface area contributed by atoms with Gasteiger partial charge in [-0.3, -0.25) is 0 Å². The molecular formula is C22H38O. The van der Waals surface area contributed by atoms with Crippen LogP contribution in [0.1, 0.15) is 98.8 Å². The molecular weight excluding hydrogens is 280 g/mol. The normalized spacial score (nSPS) is 12.3. The number of para-hydroxylation sites is 1. The van der Waals surface area contributed by atoms with Crippen molar-refractivity contribution in [2.24, 2.45) is 0 Å². The summed E-state index contributed by atoms with van der Waals surface area (Å²) in [4.78, 5) is 0.